The van der Waals surface area contributed by atoms with Gasteiger partial charge in [-0.3, -0.25) is 20.4 Å². The Bertz CT molecular complexity index is 701. The highest BCUT2D eigenvalue weighted by molar-refractivity contribution is 8.00. The quantitative estimate of drug-likeness (QED) is 0.661. The first-order valence-electron chi connectivity index (χ1n) is 7.52. The summed E-state index contributed by atoms with van der Waals surface area (Å²) in [5, 5.41) is 0. The van der Waals surface area contributed by atoms with Gasteiger partial charge in [-0.25, -0.2) is 0 Å². The van der Waals surface area contributed by atoms with Gasteiger partial charge in [-0.2, -0.15) is 0 Å². The van der Waals surface area contributed by atoms with Gasteiger partial charge in [-0.1, -0.05) is 17.7 Å². The largest absolute Gasteiger partial charge is 0.279 e. The first-order chi connectivity index (χ1) is 11.1. The van der Waals surface area contributed by atoms with Gasteiger partial charge in [0.15, 0.2) is 0 Å². The molecule has 0 spiro atoms. The van der Waals surface area contributed by atoms with Gasteiger partial charge in [0.2, 0.25) is 5.91 Å². The van der Waals surface area contributed by atoms with Crippen LogP contribution in [0.4, 0.5) is 0 Å². The van der Waals surface area contributed by atoms with E-state index in [0.717, 1.165) is 17.7 Å². The van der Waals surface area contributed by atoms with Gasteiger partial charge >= 0.3 is 0 Å². The third kappa shape index (κ3) is 4.14. The Labute approximate surface area is 143 Å². The molecule has 4 nitrogen and oxygen atoms in total. The van der Waals surface area contributed by atoms with E-state index in [4.69, 9.17) is 0 Å². The lowest BCUT2D eigenvalue weighted by Crippen LogP contribution is -2.42. The third-order valence-electron chi connectivity index (χ3n) is 3.68. The molecular formula is C17H18N2O2S2. The Hall–Kier alpha value is -1.79. The minimum absolute atomic E-state index is 0.215. The number of aryl methyl sites for hydroxylation is 3. The monoisotopic (exact) mass is 346 g/mol. The van der Waals surface area contributed by atoms with Crippen LogP contribution in [0, 0.1) is 6.92 Å². The van der Waals surface area contributed by atoms with Gasteiger partial charge in [-0.15, -0.1) is 23.1 Å². The number of hydrogen-bond donors (Lipinski definition) is 2. The van der Waals surface area contributed by atoms with Crippen LogP contribution in [0.5, 0.6) is 0 Å². The van der Waals surface area contributed by atoms with E-state index < -0.39 is 0 Å². The first kappa shape index (κ1) is 16.1. The van der Waals surface area contributed by atoms with Crippen LogP contribution in [0.2, 0.25) is 0 Å². The molecule has 0 atom stereocenters. The number of benzene rings is 1. The number of rotatable bonds is 4. The molecule has 1 aromatic carbocycles. The first-order valence-corrected chi connectivity index (χ1v) is 9.32. The number of thiophene rings is 1. The lowest BCUT2D eigenvalue weighted by atomic mass is 10.2. The van der Waals surface area contributed by atoms with Crippen LogP contribution in [0.25, 0.3) is 0 Å². The van der Waals surface area contributed by atoms with Gasteiger partial charge in [0, 0.05) is 9.77 Å². The molecule has 2 N–H and O–H groups in total. The highest BCUT2D eigenvalue weighted by Crippen LogP contribution is 2.30. The van der Waals surface area contributed by atoms with Crippen molar-refractivity contribution in [3.8, 4) is 0 Å². The molecule has 0 saturated carbocycles. The lowest BCUT2D eigenvalue weighted by molar-refractivity contribution is -0.119. The Balaban J connectivity index is 1.44. The molecule has 0 bridgehead atoms. The molecule has 2 amide bonds. The SMILES string of the molecule is Cc1ccc(SCC(=O)NNC(=O)c2cc3c(s2)CCC3)cc1. The molecule has 0 saturated heterocycles. The Kier molecular flexibility index (Phi) is 5.03. The summed E-state index contributed by atoms with van der Waals surface area (Å²) >= 11 is 2.97. The lowest BCUT2D eigenvalue weighted by Gasteiger charge is -2.06. The maximum Gasteiger partial charge on any atom is 0.279 e. The Morgan fingerprint density at radius 2 is 1.96 bits per heavy atom. The van der Waals surface area contributed by atoms with Crippen molar-refractivity contribution in [3.63, 3.8) is 0 Å². The van der Waals surface area contributed by atoms with Crippen LogP contribution < -0.4 is 10.9 Å². The average Bonchev–Trinajstić information content (AvgIpc) is 3.13. The molecule has 1 aromatic heterocycles. The van der Waals surface area contributed by atoms with Crippen molar-refractivity contribution in [2.24, 2.45) is 0 Å². The van der Waals surface area contributed by atoms with Crippen LogP contribution in [0.1, 0.15) is 32.1 Å². The number of carbonyl (C=O) groups excluding carboxylic acids is 2. The summed E-state index contributed by atoms with van der Waals surface area (Å²) in [6, 6.07) is 9.93. The summed E-state index contributed by atoms with van der Waals surface area (Å²) in [4.78, 5) is 26.9. The number of hydrazine groups is 1. The fourth-order valence-electron chi connectivity index (χ4n) is 2.45. The molecule has 1 heterocycles. The van der Waals surface area contributed by atoms with E-state index in [1.807, 2.05) is 37.3 Å². The maximum atomic E-state index is 12.0. The maximum absolute atomic E-state index is 12.0. The molecule has 0 aliphatic heterocycles. The van der Waals surface area contributed by atoms with Crippen LogP contribution >= 0.6 is 23.1 Å². The van der Waals surface area contributed by atoms with E-state index in [1.165, 1.54) is 45.5 Å². The molecule has 0 fully saturated rings. The zero-order valence-corrected chi connectivity index (χ0v) is 14.5. The molecule has 1 aliphatic rings. The van der Waals surface area contributed by atoms with Gasteiger partial charge in [0.05, 0.1) is 10.6 Å². The average molecular weight is 346 g/mol. The molecule has 1 aliphatic carbocycles. The van der Waals surface area contributed by atoms with Crippen LogP contribution in [0.3, 0.4) is 0 Å². The molecular weight excluding hydrogens is 328 g/mol. The van der Waals surface area contributed by atoms with E-state index >= 15 is 0 Å². The molecule has 0 radical (unpaired) electrons. The van der Waals surface area contributed by atoms with Crippen molar-refractivity contribution in [1.82, 2.24) is 10.9 Å². The summed E-state index contributed by atoms with van der Waals surface area (Å²) in [7, 11) is 0. The van der Waals surface area contributed by atoms with E-state index in [-0.39, 0.29) is 17.6 Å². The summed E-state index contributed by atoms with van der Waals surface area (Å²) in [5.74, 6) is -0.185. The van der Waals surface area contributed by atoms with E-state index in [2.05, 4.69) is 10.9 Å². The topological polar surface area (TPSA) is 58.2 Å². The number of nitrogens with one attached hydrogen (secondary N) is 2. The third-order valence-corrected chi connectivity index (χ3v) is 5.92. The minimum Gasteiger partial charge on any atom is -0.272 e. The van der Waals surface area contributed by atoms with E-state index in [1.54, 1.807) is 0 Å². The van der Waals surface area contributed by atoms with Crippen LogP contribution in [-0.2, 0) is 17.6 Å². The molecule has 3 rings (SSSR count). The highest BCUT2D eigenvalue weighted by Gasteiger charge is 2.18. The molecule has 120 valence electrons. The predicted molar refractivity (Wildman–Crippen MR) is 93.9 cm³/mol. The van der Waals surface area contributed by atoms with Gasteiger partial charge in [0.25, 0.3) is 5.91 Å². The van der Waals surface area contributed by atoms with Gasteiger partial charge < -0.3 is 0 Å². The smallest absolute Gasteiger partial charge is 0.272 e. The summed E-state index contributed by atoms with van der Waals surface area (Å²) in [6.45, 7) is 2.02. The van der Waals surface area contributed by atoms with Crippen molar-refractivity contribution in [3.05, 3.63) is 51.2 Å². The number of hydrogen-bond acceptors (Lipinski definition) is 4. The van der Waals surface area contributed by atoms with Gasteiger partial charge in [0.1, 0.15) is 0 Å². The molecule has 23 heavy (non-hydrogen) atoms. The van der Waals surface area contributed by atoms with E-state index in [0.29, 0.717) is 4.88 Å². The number of carbonyl (C=O) groups is 2. The predicted octanol–water partition coefficient (Wildman–Crippen LogP) is 3.10. The number of amides is 2. The van der Waals surface area contributed by atoms with Gasteiger partial charge in [-0.05, 0) is 49.9 Å². The fraction of sp³-hybridized carbons (Fsp3) is 0.294. The second-order valence-electron chi connectivity index (χ2n) is 5.52. The summed E-state index contributed by atoms with van der Waals surface area (Å²) in [6.07, 6.45) is 3.29. The second kappa shape index (κ2) is 7.19. The number of thioether (sulfide) groups is 1. The Morgan fingerprint density at radius 3 is 2.70 bits per heavy atom. The fourth-order valence-corrected chi connectivity index (χ4v) is 4.30. The standard InChI is InChI=1S/C17H18N2O2S2/c1-11-5-7-13(8-6-11)22-10-16(20)18-19-17(21)15-9-12-3-2-4-14(12)23-15/h5-9H,2-4,10H2,1H3,(H,18,20)(H,19,21). The summed E-state index contributed by atoms with van der Waals surface area (Å²) in [5.41, 5.74) is 7.43. The second-order valence-corrected chi connectivity index (χ2v) is 7.70. The van der Waals surface area contributed by atoms with Crippen molar-refractivity contribution in [1.29, 1.82) is 0 Å². The Morgan fingerprint density at radius 1 is 1.17 bits per heavy atom. The number of fused-ring (bicyclic) bond motifs is 1. The van der Waals surface area contributed by atoms with Crippen LogP contribution in [0.15, 0.2) is 35.2 Å². The van der Waals surface area contributed by atoms with Crippen molar-refractivity contribution >= 4 is 34.9 Å². The summed E-state index contributed by atoms with van der Waals surface area (Å²) < 4.78 is 0. The zero-order chi connectivity index (χ0) is 16.2. The van der Waals surface area contributed by atoms with E-state index in [9.17, 15) is 9.59 Å². The minimum atomic E-state index is -0.238. The van der Waals surface area contributed by atoms with Crippen molar-refractivity contribution in [2.75, 3.05) is 5.75 Å². The highest BCUT2D eigenvalue weighted by atomic mass is 32.2. The van der Waals surface area contributed by atoms with Crippen LogP contribution in [-0.4, -0.2) is 17.6 Å². The van der Waals surface area contributed by atoms with Crippen molar-refractivity contribution < 1.29 is 9.59 Å². The normalized spacial score (nSPS) is 12.7. The molecule has 2 aromatic rings. The van der Waals surface area contributed by atoms with Crippen molar-refractivity contribution in [2.45, 2.75) is 31.1 Å². The molecule has 0 unspecified atom stereocenters. The zero-order valence-electron chi connectivity index (χ0n) is 12.8. The molecule has 6 heteroatoms.